The third-order valence-corrected chi connectivity index (χ3v) is 4.02. The molecule has 0 atom stereocenters. The molecule has 3 nitrogen and oxygen atoms in total. The van der Waals surface area contributed by atoms with E-state index >= 15 is 0 Å². The van der Waals surface area contributed by atoms with Crippen LogP contribution in [0.25, 0.3) is 10.8 Å². The minimum absolute atomic E-state index is 0.641. The summed E-state index contributed by atoms with van der Waals surface area (Å²) in [6, 6.07) is 8.99. The van der Waals surface area contributed by atoms with Gasteiger partial charge < -0.3 is 4.90 Å². The second kappa shape index (κ2) is 5.22. The summed E-state index contributed by atoms with van der Waals surface area (Å²) in [6.07, 6.45) is 5.73. The molecular formula is C14H16BrN3. The number of fused-ring (bicyclic) bond motifs is 1. The Morgan fingerprint density at radius 1 is 1.28 bits per heavy atom. The van der Waals surface area contributed by atoms with Crippen LogP contribution in [-0.4, -0.2) is 28.1 Å². The number of rotatable bonds is 4. The molecule has 4 heteroatoms. The van der Waals surface area contributed by atoms with Crippen LogP contribution < -0.4 is 4.90 Å². The van der Waals surface area contributed by atoms with Crippen molar-refractivity contribution < 1.29 is 0 Å². The molecule has 0 N–H and O–H groups in total. The maximum Gasteiger partial charge on any atom is 0.159 e. The quantitative estimate of drug-likeness (QED) is 0.811. The van der Waals surface area contributed by atoms with E-state index in [9.17, 15) is 0 Å². The topological polar surface area (TPSA) is 29.0 Å². The normalized spacial score (nSPS) is 15.6. The van der Waals surface area contributed by atoms with Gasteiger partial charge in [0, 0.05) is 28.7 Å². The van der Waals surface area contributed by atoms with Crippen LogP contribution in [0.5, 0.6) is 0 Å². The zero-order valence-corrected chi connectivity index (χ0v) is 11.8. The van der Waals surface area contributed by atoms with Crippen LogP contribution in [-0.2, 0) is 0 Å². The van der Waals surface area contributed by atoms with Crippen LogP contribution in [0.2, 0.25) is 0 Å². The average molecular weight is 306 g/mol. The highest BCUT2D eigenvalue weighted by Gasteiger charge is 2.26. The van der Waals surface area contributed by atoms with Crippen molar-refractivity contribution in [3.8, 4) is 0 Å². The number of anilines is 1. The number of aromatic nitrogens is 2. The zero-order valence-electron chi connectivity index (χ0n) is 10.2. The Bertz CT molecular complexity index is 534. The molecule has 1 aromatic heterocycles. The zero-order chi connectivity index (χ0) is 12.4. The van der Waals surface area contributed by atoms with E-state index < -0.39 is 0 Å². The summed E-state index contributed by atoms with van der Waals surface area (Å²) in [6.45, 7) is 0.993. The SMILES string of the molecule is BrCCN(c1nncc2ccccc12)C1CCC1. The molecule has 0 radical (unpaired) electrons. The number of halogens is 1. The van der Waals surface area contributed by atoms with Gasteiger partial charge >= 0.3 is 0 Å². The number of benzene rings is 1. The molecule has 0 unspecified atom stereocenters. The Morgan fingerprint density at radius 3 is 2.83 bits per heavy atom. The molecule has 94 valence electrons. The van der Waals surface area contributed by atoms with E-state index in [2.05, 4.69) is 49.2 Å². The van der Waals surface area contributed by atoms with Crippen molar-refractivity contribution in [2.75, 3.05) is 16.8 Å². The second-order valence-corrected chi connectivity index (χ2v) is 5.52. The Balaban J connectivity index is 2.04. The molecule has 1 heterocycles. The lowest BCUT2D eigenvalue weighted by atomic mass is 9.91. The van der Waals surface area contributed by atoms with Gasteiger partial charge in [-0.3, -0.25) is 0 Å². The van der Waals surface area contributed by atoms with Gasteiger partial charge in [-0.05, 0) is 19.3 Å². The molecule has 1 aromatic carbocycles. The molecule has 0 amide bonds. The summed E-state index contributed by atoms with van der Waals surface area (Å²) in [4.78, 5) is 2.41. The second-order valence-electron chi connectivity index (χ2n) is 4.72. The highest BCUT2D eigenvalue weighted by atomic mass is 79.9. The third-order valence-electron chi connectivity index (χ3n) is 3.66. The van der Waals surface area contributed by atoms with Crippen LogP contribution in [0.3, 0.4) is 0 Å². The molecule has 1 aliphatic rings. The molecule has 2 aromatic rings. The number of hydrogen-bond acceptors (Lipinski definition) is 3. The first kappa shape index (κ1) is 11.9. The van der Waals surface area contributed by atoms with Gasteiger partial charge in [-0.15, -0.1) is 5.10 Å². The molecule has 0 bridgehead atoms. The largest absolute Gasteiger partial charge is 0.351 e. The summed E-state index contributed by atoms with van der Waals surface area (Å²) in [5.41, 5.74) is 0. The smallest absolute Gasteiger partial charge is 0.159 e. The molecule has 3 rings (SSSR count). The van der Waals surface area contributed by atoms with Crippen molar-refractivity contribution in [1.82, 2.24) is 10.2 Å². The summed E-state index contributed by atoms with van der Waals surface area (Å²) in [7, 11) is 0. The van der Waals surface area contributed by atoms with Crippen molar-refractivity contribution in [3.05, 3.63) is 30.5 Å². The Morgan fingerprint density at radius 2 is 2.11 bits per heavy atom. The van der Waals surface area contributed by atoms with E-state index in [1.165, 1.54) is 30.0 Å². The average Bonchev–Trinajstić information content (AvgIpc) is 2.35. The van der Waals surface area contributed by atoms with Gasteiger partial charge in [0.25, 0.3) is 0 Å². The first-order valence-corrected chi connectivity index (χ1v) is 7.55. The lowest BCUT2D eigenvalue weighted by Gasteiger charge is -2.38. The van der Waals surface area contributed by atoms with E-state index in [-0.39, 0.29) is 0 Å². The summed E-state index contributed by atoms with van der Waals surface area (Å²) in [5.74, 6) is 1.04. The molecule has 1 fully saturated rings. The fraction of sp³-hybridized carbons (Fsp3) is 0.429. The summed E-state index contributed by atoms with van der Waals surface area (Å²) in [5, 5.41) is 11.9. The lowest BCUT2D eigenvalue weighted by molar-refractivity contribution is 0.389. The van der Waals surface area contributed by atoms with Crippen molar-refractivity contribution in [1.29, 1.82) is 0 Å². The van der Waals surface area contributed by atoms with Crippen molar-refractivity contribution >= 4 is 32.5 Å². The highest BCUT2D eigenvalue weighted by molar-refractivity contribution is 9.09. The molecular weight excluding hydrogens is 290 g/mol. The van der Waals surface area contributed by atoms with Crippen LogP contribution in [0.1, 0.15) is 19.3 Å². The Labute approximate surface area is 115 Å². The fourth-order valence-electron chi connectivity index (χ4n) is 2.48. The predicted octanol–water partition coefficient (Wildman–Crippen LogP) is 3.38. The van der Waals surface area contributed by atoms with Gasteiger partial charge in [0.1, 0.15) is 0 Å². The van der Waals surface area contributed by atoms with Crippen molar-refractivity contribution in [2.45, 2.75) is 25.3 Å². The minimum Gasteiger partial charge on any atom is -0.351 e. The van der Waals surface area contributed by atoms with Crippen LogP contribution >= 0.6 is 15.9 Å². The van der Waals surface area contributed by atoms with Crippen molar-refractivity contribution in [3.63, 3.8) is 0 Å². The van der Waals surface area contributed by atoms with E-state index in [0.717, 1.165) is 17.7 Å². The Kier molecular flexibility index (Phi) is 3.46. The number of nitrogens with zero attached hydrogens (tertiary/aromatic N) is 3. The number of hydrogen-bond donors (Lipinski definition) is 0. The minimum atomic E-state index is 0.641. The highest BCUT2D eigenvalue weighted by Crippen LogP contribution is 2.31. The van der Waals surface area contributed by atoms with Gasteiger partial charge in [-0.25, -0.2) is 0 Å². The van der Waals surface area contributed by atoms with Crippen LogP contribution in [0.15, 0.2) is 30.5 Å². The summed E-state index contributed by atoms with van der Waals surface area (Å²) < 4.78 is 0. The molecule has 0 saturated heterocycles. The van der Waals surface area contributed by atoms with E-state index in [1.807, 2.05) is 12.3 Å². The monoisotopic (exact) mass is 305 g/mol. The van der Waals surface area contributed by atoms with E-state index in [4.69, 9.17) is 0 Å². The summed E-state index contributed by atoms with van der Waals surface area (Å²) >= 11 is 3.54. The van der Waals surface area contributed by atoms with Gasteiger partial charge in [0.05, 0.1) is 6.20 Å². The van der Waals surface area contributed by atoms with Crippen LogP contribution in [0.4, 0.5) is 5.82 Å². The van der Waals surface area contributed by atoms with Crippen molar-refractivity contribution in [2.24, 2.45) is 0 Å². The predicted molar refractivity (Wildman–Crippen MR) is 78.3 cm³/mol. The van der Waals surface area contributed by atoms with E-state index in [0.29, 0.717) is 6.04 Å². The first-order chi connectivity index (χ1) is 8.90. The van der Waals surface area contributed by atoms with Crippen LogP contribution in [0, 0.1) is 0 Å². The van der Waals surface area contributed by atoms with Gasteiger partial charge in [-0.2, -0.15) is 5.10 Å². The van der Waals surface area contributed by atoms with Gasteiger partial charge in [0.15, 0.2) is 5.82 Å². The lowest BCUT2D eigenvalue weighted by Crippen LogP contribution is -2.42. The molecule has 1 aliphatic carbocycles. The Hall–Kier alpha value is -1.16. The molecule has 18 heavy (non-hydrogen) atoms. The molecule has 1 saturated carbocycles. The fourth-order valence-corrected chi connectivity index (χ4v) is 2.86. The maximum absolute atomic E-state index is 4.38. The first-order valence-electron chi connectivity index (χ1n) is 6.43. The molecule has 0 aliphatic heterocycles. The van der Waals surface area contributed by atoms with Gasteiger partial charge in [0.2, 0.25) is 0 Å². The maximum atomic E-state index is 4.38. The van der Waals surface area contributed by atoms with Gasteiger partial charge in [-0.1, -0.05) is 40.2 Å². The molecule has 0 spiro atoms. The van der Waals surface area contributed by atoms with E-state index in [1.54, 1.807) is 0 Å². The number of alkyl halides is 1. The standard InChI is InChI=1S/C14H16BrN3/c15-8-9-18(12-5-3-6-12)14-13-7-2-1-4-11(13)10-16-17-14/h1-2,4,7,10,12H,3,5-6,8-9H2. The third kappa shape index (κ3) is 2.09.